The molecule has 6 amide bonds. The first-order chi connectivity index (χ1) is 18.6. The van der Waals surface area contributed by atoms with Gasteiger partial charge in [0.05, 0.1) is 21.0 Å². The lowest BCUT2D eigenvalue weighted by molar-refractivity contribution is -0.139. The maximum atomic E-state index is 12.7. The minimum atomic E-state index is -0.429. The lowest BCUT2D eigenvalue weighted by Gasteiger charge is -2.22. The third-order valence-corrected chi connectivity index (χ3v) is 10.7. The fraction of sp³-hybridized carbons (Fsp3) is 0.739. The summed E-state index contributed by atoms with van der Waals surface area (Å²) in [6.45, 7) is 1.61. The van der Waals surface area contributed by atoms with Crippen LogP contribution < -0.4 is 27.4 Å². The molecule has 12 nitrogen and oxygen atoms in total. The number of carbonyl (C=O) groups excluding carboxylic acids is 6. The molecule has 0 aromatic heterocycles. The summed E-state index contributed by atoms with van der Waals surface area (Å²) in [5.74, 6) is -2.47. The fourth-order valence-electron chi connectivity index (χ4n) is 3.79. The van der Waals surface area contributed by atoms with Crippen LogP contribution in [0.5, 0.6) is 0 Å². The Morgan fingerprint density at radius 1 is 0.692 bits per heavy atom. The Kier molecular flexibility index (Phi) is 15.3. The first-order valence-corrected chi connectivity index (χ1v) is 17.4. The number of carbonyl (C=O) groups is 6. The summed E-state index contributed by atoms with van der Waals surface area (Å²) in [5, 5.41) is 8.04. The summed E-state index contributed by atoms with van der Waals surface area (Å²) in [6.07, 6.45) is 4.04. The highest BCUT2D eigenvalue weighted by Crippen LogP contribution is 2.58. The topological polar surface area (TPSA) is 194 Å². The van der Waals surface area contributed by atoms with Crippen molar-refractivity contribution in [2.24, 2.45) is 23.3 Å². The number of hydrogen-bond acceptors (Lipinski definition) is 10. The van der Waals surface area contributed by atoms with Crippen molar-refractivity contribution in [3.63, 3.8) is 0 Å². The van der Waals surface area contributed by atoms with Crippen molar-refractivity contribution in [1.82, 2.24) is 20.9 Å². The molecule has 2 fully saturated rings. The molecule has 2 rings (SSSR count). The molecule has 0 spiro atoms. The lowest BCUT2D eigenvalue weighted by atomic mass is 10.0. The standard InChI is InChI=1S/C23H38N6O6S4/c1-14(30)26-11-8-19(33)29(12-17(31)27-9-4-2-6-15(20(24)34)22-36-37-22)13-18(32)28-10-5-3-7-16(21(25)35)23-38-39-23/h15-16,22-23H,2-13H2,1H3,(H2,24,34)(H2,25,35)(H,26,30)(H,27,31)(H,28,32). The number of primary amides is 2. The molecule has 0 radical (unpaired) electrons. The summed E-state index contributed by atoms with van der Waals surface area (Å²) < 4.78 is 0.460. The van der Waals surface area contributed by atoms with E-state index < -0.39 is 17.7 Å². The number of hydrogen-bond donors (Lipinski definition) is 5. The van der Waals surface area contributed by atoms with Gasteiger partial charge < -0.3 is 32.3 Å². The largest absolute Gasteiger partial charge is 0.369 e. The molecule has 7 N–H and O–H groups in total. The monoisotopic (exact) mass is 622 g/mol. The van der Waals surface area contributed by atoms with Crippen molar-refractivity contribution in [2.75, 3.05) is 32.7 Å². The molecule has 2 unspecified atom stereocenters. The normalized spacial score (nSPS) is 16.0. The van der Waals surface area contributed by atoms with Crippen molar-refractivity contribution in [3.05, 3.63) is 0 Å². The van der Waals surface area contributed by atoms with Crippen molar-refractivity contribution in [2.45, 2.75) is 61.0 Å². The first kappa shape index (κ1) is 33.4. The van der Waals surface area contributed by atoms with Crippen LogP contribution in [-0.2, 0) is 28.8 Å². The predicted octanol–water partition coefficient (Wildman–Crippen LogP) is 0.559. The molecule has 220 valence electrons. The molecule has 2 aliphatic rings. The second-order valence-electron chi connectivity index (χ2n) is 9.31. The number of amides is 6. The van der Waals surface area contributed by atoms with Gasteiger partial charge in [-0.25, -0.2) is 0 Å². The van der Waals surface area contributed by atoms with E-state index in [9.17, 15) is 28.8 Å². The number of nitrogens with zero attached hydrogens (tertiary/aromatic N) is 1. The maximum absolute atomic E-state index is 12.7. The Morgan fingerprint density at radius 2 is 1.13 bits per heavy atom. The third-order valence-electron chi connectivity index (χ3n) is 6.07. The van der Waals surface area contributed by atoms with Crippen molar-refractivity contribution in [3.8, 4) is 0 Å². The predicted molar refractivity (Wildman–Crippen MR) is 157 cm³/mol. The quantitative estimate of drug-likeness (QED) is 0.0686. The van der Waals surface area contributed by atoms with Crippen molar-refractivity contribution < 1.29 is 28.8 Å². The number of nitrogens with one attached hydrogen (secondary N) is 3. The molecule has 0 bridgehead atoms. The highest BCUT2D eigenvalue weighted by Gasteiger charge is 2.37. The SMILES string of the molecule is CC(=O)NCCC(=O)N(CC(=O)NCCCCC(C(N)=O)C1SS1)CC(=O)NCCCCC(C(N)=O)C1SS1. The Balaban J connectivity index is 1.72. The third kappa shape index (κ3) is 14.4. The van der Waals surface area contributed by atoms with Crippen LogP contribution in [0, 0.1) is 11.8 Å². The molecule has 0 aliphatic carbocycles. The molecule has 0 saturated carbocycles. The Hall–Kier alpha value is -1.78. The summed E-state index contributed by atoms with van der Waals surface area (Å²) in [4.78, 5) is 73.0. The van der Waals surface area contributed by atoms with E-state index in [4.69, 9.17) is 11.5 Å². The lowest BCUT2D eigenvalue weighted by Crippen LogP contribution is -2.46. The van der Waals surface area contributed by atoms with E-state index in [0.717, 1.165) is 12.8 Å². The van der Waals surface area contributed by atoms with Gasteiger partial charge in [0, 0.05) is 33.0 Å². The van der Waals surface area contributed by atoms with Gasteiger partial charge >= 0.3 is 0 Å². The van der Waals surface area contributed by atoms with E-state index in [0.29, 0.717) is 38.8 Å². The molecule has 0 aromatic rings. The van der Waals surface area contributed by atoms with E-state index in [1.54, 1.807) is 43.2 Å². The molecule has 2 aliphatic heterocycles. The van der Waals surface area contributed by atoms with Gasteiger partial charge in [0.1, 0.15) is 13.1 Å². The minimum absolute atomic E-state index is 0.0441. The molecular formula is C23H38N6O6S4. The Labute approximate surface area is 244 Å². The van der Waals surface area contributed by atoms with Gasteiger partial charge in [0.2, 0.25) is 35.4 Å². The highest BCUT2D eigenvalue weighted by molar-refractivity contribution is 8.93. The highest BCUT2D eigenvalue weighted by atomic mass is 33.2. The zero-order valence-corrected chi connectivity index (χ0v) is 25.2. The molecule has 2 atom stereocenters. The second kappa shape index (κ2) is 17.8. The Bertz CT molecular complexity index is 835. The smallest absolute Gasteiger partial charge is 0.239 e. The number of unbranched alkanes of at least 4 members (excludes halogenated alkanes) is 2. The zero-order chi connectivity index (χ0) is 28.8. The van der Waals surface area contributed by atoms with Gasteiger partial charge in [-0.1, -0.05) is 56.0 Å². The molecule has 39 heavy (non-hydrogen) atoms. The van der Waals surface area contributed by atoms with Crippen LogP contribution in [-0.4, -0.2) is 82.2 Å². The molecular weight excluding hydrogens is 585 g/mol. The number of nitrogens with two attached hydrogens (primary N) is 2. The first-order valence-electron chi connectivity index (χ1n) is 12.9. The van der Waals surface area contributed by atoms with Gasteiger partial charge in [-0.15, -0.1) is 0 Å². The molecule has 16 heteroatoms. The number of rotatable bonds is 21. The average molecular weight is 623 g/mol. The van der Waals surface area contributed by atoms with Gasteiger partial charge in [0.25, 0.3) is 0 Å². The summed E-state index contributed by atoms with van der Waals surface area (Å²) in [6, 6.07) is 0. The van der Waals surface area contributed by atoms with Crippen LogP contribution in [0.15, 0.2) is 0 Å². The van der Waals surface area contributed by atoms with Gasteiger partial charge in [-0.2, -0.15) is 0 Å². The van der Waals surface area contributed by atoms with Crippen LogP contribution >= 0.6 is 43.2 Å². The van der Waals surface area contributed by atoms with E-state index in [-0.39, 0.29) is 64.8 Å². The molecule has 0 aromatic carbocycles. The fourth-order valence-corrected chi connectivity index (χ4v) is 7.53. The van der Waals surface area contributed by atoms with Gasteiger partial charge in [-0.3, -0.25) is 28.8 Å². The van der Waals surface area contributed by atoms with Gasteiger partial charge in [0.15, 0.2) is 0 Å². The van der Waals surface area contributed by atoms with E-state index in [1.807, 2.05) is 0 Å². The summed E-state index contributed by atoms with van der Waals surface area (Å²) in [7, 11) is 6.57. The van der Waals surface area contributed by atoms with Crippen LogP contribution in [0.4, 0.5) is 0 Å². The summed E-state index contributed by atoms with van der Waals surface area (Å²) >= 11 is 0. The van der Waals surface area contributed by atoms with E-state index >= 15 is 0 Å². The zero-order valence-electron chi connectivity index (χ0n) is 22.0. The Morgan fingerprint density at radius 3 is 1.49 bits per heavy atom. The summed E-state index contributed by atoms with van der Waals surface area (Å²) in [5.41, 5.74) is 10.9. The van der Waals surface area contributed by atoms with Crippen LogP contribution in [0.1, 0.15) is 51.9 Å². The van der Waals surface area contributed by atoms with Crippen LogP contribution in [0.25, 0.3) is 0 Å². The molecule has 2 heterocycles. The maximum Gasteiger partial charge on any atom is 0.239 e. The van der Waals surface area contributed by atoms with E-state index in [2.05, 4.69) is 16.0 Å². The van der Waals surface area contributed by atoms with Crippen LogP contribution in [0.3, 0.4) is 0 Å². The second-order valence-corrected chi connectivity index (χ2v) is 15.0. The van der Waals surface area contributed by atoms with Gasteiger partial charge in [-0.05, 0) is 25.7 Å². The van der Waals surface area contributed by atoms with Crippen molar-refractivity contribution >= 4 is 78.6 Å². The minimum Gasteiger partial charge on any atom is -0.369 e. The van der Waals surface area contributed by atoms with Crippen molar-refractivity contribution in [1.29, 1.82) is 0 Å². The molecule has 2 saturated heterocycles. The van der Waals surface area contributed by atoms with E-state index in [1.165, 1.54) is 11.8 Å². The average Bonchev–Trinajstić information content (AvgIpc) is 3.77. The van der Waals surface area contributed by atoms with Crippen LogP contribution in [0.2, 0.25) is 0 Å².